The van der Waals surface area contributed by atoms with Crippen molar-refractivity contribution in [3.05, 3.63) is 102 Å². The zero-order valence-corrected chi connectivity index (χ0v) is 18.3. The largest absolute Gasteiger partial charge is 0.350 e. The van der Waals surface area contributed by atoms with Crippen LogP contribution in [0.3, 0.4) is 0 Å². The number of rotatable bonds is 6. The van der Waals surface area contributed by atoms with Gasteiger partial charge in [0.15, 0.2) is 0 Å². The average molecular weight is 459 g/mol. The maximum Gasteiger partial charge on any atom is 0.223 e. The van der Waals surface area contributed by atoms with Gasteiger partial charge in [-0.2, -0.15) is 0 Å². The molecule has 5 rings (SSSR count). The molecule has 1 N–H and O–H groups in total. The highest BCUT2D eigenvalue weighted by Gasteiger charge is 2.18. The first-order chi connectivity index (χ1) is 16.5. The van der Waals surface area contributed by atoms with Crippen LogP contribution < -0.4 is 5.32 Å². The smallest absolute Gasteiger partial charge is 0.223 e. The summed E-state index contributed by atoms with van der Waals surface area (Å²) in [7, 11) is 0. The molecule has 3 aromatic heterocycles. The second-order valence-corrected chi connectivity index (χ2v) is 7.79. The lowest BCUT2D eigenvalue weighted by atomic mass is 10.1. The molecule has 0 aliphatic rings. The van der Waals surface area contributed by atoms with E-state index < -0.39 is 11.6 Å². The predicted molar refractivity (Wildman–Crippen MR) is 125 cm³/mol. The summed E-state index contributed by atoms with van der Waals surface area (Å²) in [5.74, 6) is -1.11. The molecule has 34 heavy (non-hydrogen) atoms. The fourth-order valence-electron chi connectivity index (χ4n) is 3.79. The van der Waals surface area contributed by atoms with Gasteiger partial charge in [0.2, 0.25) is 5.95 Å². The van der Waals surface area contributed by atoms with Gasteiger partial charge in [0.05, 0.1) is 17.1 Å². The Kier molecular flexibility index (Phi) is 5.71. The van der Waals surface area contributed by atoms with Crippen molar-refractivity contribution in [2.24, 2.45) is 0 Å². The van der Waals surface area contributed by atoms with Crippen LogP contribution in [0.5, 0.6) is 0 Å². The van der Waals surface area contributed by atoms with Gasteiger partial charge in [-0.05, 0) is 72.6 Å². The summed E-state index contributed by atoms with van der Waals surface area (Å²) in [6.07, 6.45) is 4.38. The number of pyridine rings is 1. The highest BCUT2D eigenvalue weighted by molar-refractivity contribution is 5.80. The van der Waals surface area contributed by atoms with E-state index in [0.717, 1.165) is 41.4 Å². The highest BCUT2D eigenvalue weighted by Crippen LogP contribution is 2.32. The molecule has 0 aliphatic carbocycles. The number of aryl methyl sites for hydroxylation is 1. The van der Waals surface area contributed by atoms with Crippen LogP contribution in [0.25, 0.3) is 28.3 Å². The fourth-order valence-corrected chi connectivity index (χ4v) is 3.79. The summed E-state index contributed by atoms with van der Waals surface area (Å²) in [6.45, 7) is 2.09. The van der Waals surface area contributed by atoms with E-state index in [4.69, 9.17) is 4.98 Å². The molecule has 0 saturated carbocycles. The van der Waals surface area contributed by atoms with E-state index in [1.807, 2.05) is 22.7 Å². The molecule has 2 aromatic carbocycles. The first-order valence-corrected chi connectivity index (χ1v) is 10.8. The summed E-state index contributed by atoms with van der Waals surface area (Å²) < 4.78 is 43.0. The van der Waals surface area contributed by atoms with E-state index in [9.17, 15) is 13.2 Å². The van der Waals surface area contributed by atoms with Crippen LogP contribution in [0.15, 0.2) is 73.1 Å². The second-order valence-electron chi connectivity index (χ2n) is 7.79. The van der Waals surface area contributed by atoms with Crippen molar-refractivity contribution in [3.8, 4) is 22.6 Å². The van der Waals surface area contributed by atoms with Crippen molar-refractivity contribution in [1.29, 1.82) is 0 Å². The molecular formula is C26H20F3N5. The van der Waals surface area contributed by atoms with Gasteiger partial charge < -0.3 is 5.32 Å². The van der Waals surface area contributed by atoms with Crippen molar-refractivity contribution in [1.82, 2.24) is 19.4 Å². The van der Waals surface area contributed by atoms with Crippen molar-refractivity contribution in [2.75, 3.05) is 5.32 Å². The van der Waals surface area contributed by atoms with Crippen molar-refractivity contribution in [3.63, 3.8) is 0 Å². The van der Waals surface area contributed by atoms with Gasteiger partial charge in [0.1, 0.15) is 23.1 Å². The maximum absolute atomic E-state index is 14.0. The van der Waals surface area contributed by atoms with Gasteiger partial charge in [-0.25, -0.2) is 28.1 Å². The van der Waals surface area contributed by atoms with Crippen LogP contribution in [-0.2, 0) is 13.0 Å². The van der Waals surface area contributed by atoms with E-state index in [0.29, 0.717) is 17.1 Å². The normalized spacial score (nSPS) is 11.2. The number of anilines is 1. The third-order valence-electron chi connectivity index (χ3n) is 5.56. The molecule has 0 fully saturated rings. The lowest BCUT2D eigenvalue weighted by molar-refractivity contribution is 0.587. The first-order valence-electron chi connectivity index (χ1n) is 10.8. The van der Waals surface area contributed by atoms with Gasteiger partial charge in [0, 0.05) is 30.1 Å². The molecule has 0 saturated heterocycles. The first kappa shape index (κ1) is 21.6. The predicted octanol–water partition coefficient (Wildman–Crippen LogP) is 6.05. The Bertz CT molecular complexity index is 1480. The third-order valence-corrected chi connectivity index (χ3v) is 5.56. The Labute approximate surface area is 194 Å². The molecule has 0 unspecified atom stereocenters. The van der Waals surface area contributed by atoms with Gasteiger partial charge in [-0.15, -0.1) is 0 Å². The number of benzene rings is 2. The number of aromatic nitrogens is 4. The van der Waals surface area contributed by atoms with Gasteiger partial charge in [-0.1, -0.05) is 6.92 Å². The minimum Gasteiger partial charge on any atom is -0.350 e. The highest BCUT2D eigenvalue weighted by atomic mass is 19.1. The minimum absolute atomic E-state index is 0.0187. The summed E-state index contributed by atoms with van der Waals surface area (Å²) in [4.78, 5) is 13.6. The zero-order valence-electron chi connectivity index (χ0n) is 18.3. The Balaban J connectivity index is 1.57. The van der Waals surface area contributed by atoms with Crippen LogP contribution in [-0.4, -0.2) is 19.4 Å². The molecule has 3 heterocycles. The number of imidazole rings is 1. The molecule has 0 atom stereocenters. The van der Waals surface area contributed by atoms with E-state index >= 15 is 0 Å². The maximum atomic E-state index is 14.0. The van der Waals surface area contributed by atoms with Crippen LogP contribution >= 0.6 is 0 Å². The van der Waals surface area contributed by atoms with E-state index in [2.05, 4.69) is 22.2 Å². The van der Waals surface area contributed by atoms with Gasteiger partial charge in [-0.3, -0.25) is 4.40 Å². The third kappa shape index (κ3) is 4.22. The Morgan fingerprint density at radius 2 is 1.68 bits per heavy atom. The summed E-state index contributed by atoms with van der Waals surface area (Å²) in [5, 5.41) is 2.96. The molecule has 170 valence electrons. The zero-order chi connectivity index (χ0) is 23.7. The van der Waals surface area contributed by atoms with Gasteiger partial charge in [0.25, 0.3) is 0 Å². The molecule has 5 aromatic rings. The average Bonchev–Trinajstić information content (AvgIpc) is 3.24. The van der Waals surface area contributed by atoms with E-state index in [-0.39, 0.29) is 23.9 Å². The van der Waals surface area contributed by atoms with E-state index in [1.54, 1.807) is 24.4 Å². The van der Waals surface area contributed by atoms with Crippen LogP contribution in [0, 0.1) is 17.5 Å². The lowest BCUT2D eigenvalue weighted by Crippen LogP contribution is -2.06. The molecule has 8 heteroatoms. The Hall–Kier alpha value is -4.20. The Morgan fingerprint density at radius 1 is 0.882 bits per heavy atom. The fraction of sp³-hybridized carbons (Fsp3) is 0.115. The monoisotopic (exact) mass is 459 g/mol. The Morgan fingerprint density at radius 3 is 2.47 bits per heavy atom. The number of hydrogen-bond acceptors (Lipinski definition) is 4. The number of nitrogens with zero attached hydrogens (tertiary/aromatic N) is 4. The molecule has 5 nitrogen and oxygen atoms in total. The minimum atomic E-state index is -0.519. The molecular weight excluding hydrogens is 439 g/mol. The topological polar surface area (TPSA) is 55.1 Å². The molecule has 0 radical (unpaired) electrons. The molecule has 0 spiro atoms. The van der Waals surface area contributed by atoms with Gasteiger partial charge >= 0.3 is 0 Å². The van der Waals surface area contributed by atoms with Crippen LogP contribution in [0.4, 0.5) is 19.1 Å². The summed E-state index contributed by atoms with van der Waals surface area (Å²) >= 11 is 0. The lowest BCUT2D eigenvalue weighted by Gasteiger charge is -2.09. The molecule has 0 aliphatic heterocycles. The molecule has 0 bridgehead atoms. The number of fused-ring (bicyclic) bond motifs is 1. The van der Waals surface area contributed by atoms with Crippen LogP contribution in [0.2, 0.25) is 0 Å². The summed E-state index contributed by atoms with van der Waals surface area (Å²) in [5.41, 5.74) is 4.73. The van der Waals surface area contributed by atoms with Crippen molar-refractivity contribution in [2.45, 2.75) is 19.9 Å². The summed E-state index contributed by atoms with van der Waals surface area (Å²) in [6, 6.07) is 15.2. The number of hydrogen-bond donors (Lipinski definition) is 1. The van der Waals surface area contributed by atoms with Crippen molar-refractivity contribution >= 4 is 11.6 Å². The standard InChI is InChI=1S/C26H20F3N5/c1-2-16-10-12-34-23(13-16)33-24(17-3-5-19(27)6-4-17)25(34)22-9-11-30-26(32-22)31-15-18-14-20(28)7-8-21(18)29/h3-14H,2,15H2,1H3,(H,30,31,32). The quantitative estimate of drug-likeness (QED) is 0.336. The van der Waals surface area contributed by atoms with Crippen molar-refractivity contribution < 1.29 is 13.2 Å². The number of halogens is 3. The van der Waals surface area contributed by atoms with E-state index in [1.165, 1.54) is 12.1 Å². The molecule has 0 amide bonds. The second kappa shape index (κ2) is 8.97. The van der Waals surface area contributed by atoms with Crippen LogP contribution in [0.1, 0.15) is 18.1 Å². The number of nitrogens with one attached hydrogen (secondary N) is 1. The SMILES string of the molecule is CCc1ccn2c(-c3ccnc(NCc4cc(F)ccc4F)n3)c(-c3ccc(F)cc3)nc2c1.